The molecular weight excluding hydrogens is 294 g/mol. The molecule has 2 aromatic rings. The van der Waals surface area contributed by atoms with Crippen LogP contribution in [0.4, 0.5) is 0 Å². The molecule has 6 nitrogen and oxygen atoms in total. The van der Waals surface area contributed by atoms with Gasteiger partial charge in [-0.3, -0.25) is 9.59 Å². The molecule has 4 rings (SSSR count). The third-order valence-electron chi connectivity index (χ3n) is 4.55. The number of aromatic nitrogens is 1. The van der Waals surface area contributed by atoms with Gasteiger partial charge in [-0.2, -0.15) is 0 Å². The molecule has 6 heteroatoms. The first kappa shape index (κ1) is 14.2. The predicted molar refractivity (Wildman–Crippen MR) is 84.0 cm³/mol. The van der Waals surface area contributed by atoms with Crippen LogP contribution in [0.3, 0.4) is 0 Å². The molecule has 0 bridgehead atoms. The largest absolute Gasteiger partial charge is 0.441 e. The summed E-state index contributed by atoms with van der Waals surface area (Å²) in [6, 6.07) is 5.34. The molecule has 2 heterocycles. The molecule has 0 spiro atoms. The number of rotatable bonds is 2. The van der Waals surface area contributed by atoms with Gasteiger partial charge in [0.1, 0.15) is 5.52 Å². The average Bonchev–Trinajstić information content (AvgIpc) is 3.34. The number of benzene rings is 1. The molecule has 0 radical (unpaired) electrons. The van der Waals surface area contributed by atoms with Crippen LogP contribution in [-0.4, -0.2) is 52.8 Å². The summed E-state index contributed by atoms with van der Waals surface area (Å²) in [6.45, 7) is 4.23. The highest BCUT2D eigenvalue weighted by atomic mass is 16.3. The van der Waals surface area contributed by atoms with E-state index in [2.05, 4.69) is 4.98 Å². The number of aryl methyl sites for hydroxylation is 1. The number of carbonyl (C=O) groups is 2. The first-order valence-electron chi connectivity index (χ1n) is 8.07. The van der Waals surface area contributed by atoms with Gasteiger partial charge < -0.3 is 14.2 Å². The number of nitrogens with zero attached hydrogens (tertiary/aromatic N) is 3. The fraction of sp³-hybridized carbons (Fsp3) is 0.471. The van der Waals surface area contributed by atoms with Gasteiger partial charge in [0, 0.05) is 44.6 Å². The van der Waals surface area contributed by atoms with Crippen LogP contribution in [0.25, 0.3) is 11.1 Å². The summed E-state index contributed by atoms with van der Waals surface area (Å²) >= 11 is 0. The minimum atomic E-state index is -0.00826. The highest BCUT2D eigenvalue weighted by molar-refractivity contribution is 5.97. The van der Waals surface area contributed by atoms with Gasteiger partial charge in [-0.1, -0.05) is 0 Å². The third kappa shape index (κ3) is 2.69. The van der Waals surface area contributed by atoms with E-state index in [1.807, 2.05) is 9.80 Å². The van der Waals surface area contributed by atoms with Crippen LogP contribution in [0, 0.1) is 12.8 Å². The first-order chi connectivity index (χ1) is 11.1. The smallest absolute Gasteiger partial charge is 0.254 e. The van der Waals surface area contributed by atoms with Crippen molar-refractivity contribution in [3.05, 3.63) is 29.7 Å². The van der Waals surface area contributed by atoms with E-state index in [-0.39, 0.29) is 17.7 Å². The summed E-state index contributed by atoms with van der Waals surface area (Å²) in [7, 11) is 0. The second-order valence-corrected chi connectivity index (χ2v) is 6.31. The van der Waals surface area contributed by atoms with Crippen molar-refractivity contribution in [2.24, 2.45) is 5.92 Å². The standard InChI is InChI=1S/C17H19N3O3/c1-11-18-14-10-13(4-5-15(14)23-11)17(22)20-8-6-19(7-9-20)16(21)12-2-3-12/h4-5,10,12H,2-3,6-9H2,1H3. The summed E-state index contributed by atoms with van der Waals surface area (Å²) in [5.74, 6) is 1.09. The normalized spacial score (nSPS) is 18.5. The van der Waals surface area contributed by atoms with Gasteiger partial charge in [0.05, 0.1) is 0 Å². The number of fused-ring (bicyclic) bond motifs is 1. The maximum absolute atomic E-state index is 12.6. The molecule has 0 atom stereocenters. The summed E-state index contributed by atoms with van der Waals surface area (Å²) in [4.78, 5) is 32.7. The van der Waals surface area contributed by atoms with Crippen LogP contribution in [0.15, 0.2) is 22.6 Å². The van der Waals surface area contributed by atoms with E-state index >= 15 is 0 Å². The number of hydrogen-bond acceptors (Lipinski definition) is 4. The topological polar surface area (TPSA) is 66.7 Å². The Labute approximate surface area is 134 Å². The number of amides is 2. The minimum absolute atomic E-state index is 0.00826. The zero-order valence-electron chi connectivity index (χ0n) is 13.1. The molecule has 23 heavy (non-hydrogen) atoms. The van der Waals surface area contributed by atoms with Gasteiger partial charge in [-0.05, 0) is 31.0 Å². The van der Waals surface area contributed by atoms with E-state index < -0.39 is 0 Å². The van der Waals surface area contributed by atoms with Gasteiger partial charge in [-0.15, -0.1) is 0 Å². The summed E-state index contributed by atoms with van der Waals surface area (Å²) in [6.07, 6.45) is 2.05. The van der Waals surface area contributed by atoms with Crippen LogP contribution in [0.5, 0.6) is 0 Å². The SMILES string of the molecule is Cc1nc2cc(C(=O)N3CCN(C(=O)C4CC4)CC3)ccc2o1. The average molecular weight is 313 g/mol. The van der Waals surface area contributed by atoms with E-state index in [1.54, 1.807) is 25.1 Å². The van der Waals surface area contributed by atoms with Crippen LogP contribution >= 0.6 is 0 Å². The lowest BCUT2D eigenvalue weighted by molar-refractivity contribution is -0.134. The molecule has 1 aliphatic heterocycles. The van der Waals surface area contributed by atoms with Gasteiger partial charge in [0.2, 0.25) is 5.91 Å². The second kappa shape index (κ2) is 5.37. The monoisotopic (exact) mass is 313 g/mol. The zero-order chi connectivity index (χ0) is 16.0. The van der Waals surface area contributed by atoms with Gasteiger partial charge in [0.15, 0.2) is 11.5 Å². The van der Waals surface area contributed by atoms with Crippen molar-refractivity contribution < 1.29 is 14.0 Å². The van der Waals surface area contributed by atoms with Gasteiger partial charge in [0.25, 0.3) is 5.91 Å². The van der Waals surface area contributed by atoms with Crippen molar-refractivity contribution in [1.82, 2.24) is 14.8 Å². The Morgan fingerprint density at radius 1 is 1.13 bits per heavy atom. The molecule has 1 aliphatic carbocycles. The lowest BCUT2D eigenvalue weighted by atomic mass is 10.1. The number of piperazine rings is 1. The van der Waals surface area contributed by atoms with Crippen molar-refractivity contribution in [1.29, 1.82) is 0 Å². The Hall–Kier alpha value is -2.37. The molecular formula is C17H19N3O3. The Morgan fingerprint density at radius 2 is 1.83 bits per heavy atom. The molecule has 2 fully saturated rings. The molecule has 1 aromatic carbocycles. The molecule has 0 unspecified atom stereocenters. The predicted octanol–water partition coefficient (Wildman–Crippen LogP) is 1.83. The Morgan fingerprint density at radius 3 is 2.52 bits per heavy atom. The first-order valence-corrected chi connectivity index (χ1v) is 8.07. The van der Waals surface area contributed by atoms with Crippen molar-refractivity contribution in [2.75, 3.05) is 26.2 Å². The molecule has 2 aliphatic rings. The number of hydrogen-bond donors (Lipinski definition) is 0. The third-order valence-corrected chi connectivity index (χ3v) is 4.55. The Bertz CT molecular complexity index is 770. The Kier molecular flexibility index (Phi) is 3.32. The van der Waals surface area contributed by atoms with Crippen LogP contribution in [0.1, 0.15) is 29.1 Å². The van der Waals surface area contributed by atoms with E-state index in [1.165, 1.54) is 0 Å². The van der Waals surface area contributed by atoms with Crippen molar-refractivity contribution in [3.63, 3.8) is 0 Å². The minimum Gasteiger partial charge on any atom is -0.441 e. The zero-order valence-corrected chi connectivity index (χ0v) is 13.1. The van der Waals surface area contributed by atoms with Crippen molar-refractivity contribution >= 4 is 22.9 Å². The highest BCUT2D eigenvalue weighted by Crippen LogP contribution is 2.31. The maximum Gasteiger partial charge on any atom is 0.254 e. The van der Waals surface area contributed by atoms with Crippen molar-refractivity contribution in [3.8, 4) is 0 Å². The molecule has 1 aromatic heterocycles. The van der Waals surface area contributed by atoms with Crippen LogP contribution in [-0.2, 0) is 4.79 Å². The maximum atomic E-state index is 12.6. The number of carbonyl (C=O) groups excluding carboxylic acids is 2. The molecule has 1 saturated heterocycles. The molecule has 0 N–H and O–H groups in total. The van der Waals surface area contributed by atoms with E-state index in [9.17, 15) is 9.59 Å². The highest BCUT2D eigenvalue weighted by Gasteiger charge is 2.35. The quantitative estimate of drug-likeness (QED) is 0.848. The van der Waals surface area contributed by atoms with Crippen LogP contribution in [0.2, 0.25) is 0 Å². The fourth-order valence-electron chi connectivity index (χ4n) is 3.08. The lowest BCUT2D eigenvalue weighted by Gasteiger charge is -2.35. The Balaban J connectivity index is 1.45. The molecule has 1 saturated carbocycles. The molecule has 2 amide bonds. The van der Waals surface area contributed by atoms with E-state index in [0.717, 1.165) is 12.8 Å². The lowest BCUT2D eigenvalue weighted by Crippen LogP contribution is -2.51. The summed E-state index contributed by atoms with van der Waals surface area (Å²) < 4.78 is 5.44. The van der Waals surface area contributed by atoms with Gasteiger partial charge in [-0.25, -0.2) is 4.98 Å². The van der Waals surface area contributed by atoms with Gasteiger partial charge >= 0.3 is 0 Å². The summed E-state index contributed by atoms with van der Waals surface area (Å²) in [5, 5.41) is 0. The van der Waals surface area contributed by atoms with Crippen molar-refractivity contribution in [2.45, 2.75) is 19.8 Å². The fourth-order valence-corrected chi connectivity index (χ4v) is 3.08. The summed E-state index contributed by atoms with van der Waals surface area (Å²) in [5.41, 5.74) is 2.02. The van der Waals surface area contributed by atoms with E-state index in [0.29, 0.717) is 48.7 Å². The van der Waals surface area contributed by atoms with Crippen LogP contribution < -0.4 is 0 Å². The molecule has 120 valence electrons. The van der Waals surface area contributed by atoms with E-state index in [4.69, 9.17) is 4.42 Å². The number of oxazole rings is 1. The second-order valence-electron chi connectivity index (χ2n) is 6.31.